The van der Waals surface area contributed by atoms with Gasteiger partial charge in [-0.05, 0) is 71.7 Å². The lowest BCUT2D eigenvalue weighted by molar-refractivity contribution is 0.0986. The second-order valence-corrected chi connectivity index (χ2v) is 11.3. The van der Waals surface area contributed by atoms with Gasteiger partial charge in [0, 0.05) is 35.3 Å². The molecule has 2 aliphatic rings. The molecule has 0 radical (unpaired) electrons. The average molecular weight is 446 g/mol. The van der Waals surface area contributed by atoms with E-state index in [2.05, 4.69) is 61.4 Å². The summed E-state index contributed by atoms with van der Waals surface area (Å²) < 4.78 is 5.67. The molecule has 1 aliphatic heterocycles. The number of piperidine rings is 1. The van der Waals surface area contributed by atoms with Gasteiger partial charge in [0.25, 0.3) is 0 Å². The van der Waals surface area contributed by atoms with Crippen LogP contribution in [0.25, 0.3) is 0 Å². The molecule has 0 atom stereocenters. The third-order valence-corrected chi connectivity index (χ3v) is 7.19. The van der Waals surface area contributed by atoms with Crippen LogP contribution in [-0.2, 0) is 6.54 Å². The Morgan fingerprint density at radius 3 is 2.23 bits per heavy atom. The Hall–Kier alpha value is -1.33. The molecule has 3 rings (SSSR count). The molecule has 0 spiro atoms. The molecule has 0 bridgehead atoms. The van der Waals surface area contributed by atoms with Crippen molar-refractivity contribution in [2.24, 2.45) is 0 Å². The molecule has 174 valence electrons. The van der Waals surface area contributed by atoms with Crippen LogP contribution in [0.3, 0.4) is 0 Å². The predicted octanol–water partition coefficient (Wildman–Crippen LogP) is 5.79. The van der Waals surface area contributed by atoms with Crippen LogP contribution in [-0.4, -0.2) is 40.3 Å². The molecule has 5 heteroatoms. The van der Waals surface area contributed by atoms with Crippen LogP contribution in [0.4, 0.5) is 0 Å². The highest BCUT2D eigenvalue weighted by molar-refractivity contribution is 7.80. The van der Waals surface area contributed by atoms with Crippen molar-refractivity contribution in [2.45, 2.75) is 115 Å². The van der Waals surface area contributed by atoms with Crippen LogP contribution >= 0.6 is 12.2 Å². The minimum Gasteiger partial charge on any atom is -0.496 e. The van der Waals surface area contributed by atoms with Gasteiger partial charge >= 0.3 is 0 Å². The summed E-state index contributed by atoms with van der Waals surface area (Å²) in [6, 6.07) is 9.23. The highest BCUT2D eigenvalue weighted by Gasteiger charge is 2.41. The molecule has 1 aromatic rings. The standard InChI is InChI=1S/C26H43N3OS/c1-25(2)17-22(18-26(3,4)28-25)29(19-20-13-11-12-16-23(20)30-5)24(31)27-21-14-9-7-6-8-10-15-21/h11-13,16,21-22,28H,6-10,14-15,17-19H2,1-5H3,(H,27,31). The first kappa shape index (κ1) is 24.3. The third-order valence-electron chi connectivity index (χ3n) is 6.84. The first-order valence-corrected chi connectivity index (χ1v) is 12.6. The number of nitrogens with zero attached hydrogens (tertiary/aromatic N) is 1. The monoisotopic (exact) mass is 445 g/mol. The smallest absolute Gasteiger partial charge is 0.169 e. The van der Waals surface area contributed by atoms with Crippen LogP contribution < -0.4 is 15.4 Å². The summed E-state index contributed by atoms with van der Waals surface area (Å²) in [5.74, 6) is 0.939. The van der Waals surface area contributed by atoms with Gasteiger partial charge in [-0.3, -0.25) is 0 Å². The van der Waals surface area contributed by atoms with Gasteiger partial charge in [0.15, 0.2) is 5.11 Å². The number of ether oxygens (including phenoxy) is 1. The normalized spacial score (nSPS) is 22.2. The molecule has 0 unspecified atom stereocenters. The molecule has 1 saturated heterocycles. The van der Waals surface area contributed by atoms with Crippen molar-refractivity contribution in [2.75, 3.05) is 7.11 Å². The average Bonchev–Trinajstić information content (AvgIpc) is 2.65. The molecule has 1 heterocycles. The maximum Gasteiger partial charge on any atom is 0.169 e. The van der Waals surface area contributed by atoms with Gasteiger partial charge < -0.3 is 20.3 Å². The summed E-state index contributed by atoms with van der Waals surface area (Å²) in [6.45, 7) is 10.0. The van der Waals surface area contributed by atoms with E-state index in [1.165, 1.54) is 50.5 Å². The van der Waals surface area contributed by atoms with Gasteiger partial charge in [-0.2, -0.15) is 0 Å². The summed E-state index contributed by atoms with van der Waals surface area (Å²) in [5.41, 5.74) is 1.34. The van der Waals surface area contributed by atoms with Crippen LogP contribution in [0.1, 0.15) is 91.0 Å². The fraction of sp³-hybridized carbons (Fsp3) is 0.731. The van der Waals surface area contributed by atoms with E-state index in [1.807, 2.05) is 6.07 Å². The predicted molar refractivity (Wildman–Crippen MR) is 135 cm³/mol. The molecule has 0 aromatic heterocycles. The number of thiocarbonyl (C=S) groups is 1. The lowest BCUT2D eigenvalue weighted by Crippen LogP contribution is -2.63. The second-order valence-electron chi connectivity index (χ2n) is 10.9. The zero-order valence-corrected chi connectivity index (χ0v) is 21.1. The molecule has 31 heavy (non-hydrogen) atoms. The summed E-state index contributed by atoms with van der Waals surface area (Å²) in [5, 5.41) is 8.53. The molecule has 4 nitrogen and oxygen atoms in total. The van der Waals surface area contributed by atoms with E-state index in [0.717, 1.165) is 30.2 Å². The number of nitrogens with one attached hydrogen (secondary N) is 2. The van der Waals surface area contributed by atoms with E-state index in [9.17, 15) is 0 Å². The van der Waals surface area contributed by atoms with Crippen LogP contribution in [0.2, 0.25) is 0 Å². The number of methoxy groups -OCH3 is 1. The molecule has 1 aromatic carbocycles. The quantitative estimate of drug-likeness (QED) is 0.561. The number of benzene rings is 1. The Bertz CT molecular complexity index is 709. The van der Waals surface area contributed by atoms with E-state index in [4.69, 9.17) is 17.0 Å². The van der Waals surface area contributed by atoms with Crippen molar-refractivity contribution >= 4 is 17.3 Å². The van der Waals surface area contributed by atoms with E-state index in [1.54, 1.807) is 7.11 Å². The third kappa shape index (κ3) is 7.08. The zero-order valence-electron chi connectivity index (χ0n) is 20.3. The molecule has 1 saturated carbocycles. The number of hydrogen-bond acceptors (Lipinski definition) is 3. The SMILES string of the molecule is COc1ccccc1CN(C(=S)NC1CCCCCCC1)C1CC(C)(C)NC(C)(C)C1. The zero-order chi connectivity index (χ0) is 22.5. The van der Waals surface area contributed by atoms with Gasteiger partial charge in [0.05, 0.1) is 7.11 Å². The van der Waals surface area contributed by atoms with Gasteiger partial charge in [0.2, 0.25) is 0 Å². The maximum atomic E-state index is 6.10. The molecule has 1 aliphatic carbocycles. The highest BCUT2D eigenvalue weighted by atomic mass is 32.1. The van der Waals surface area contributed by atoms with Crippen LogP contribution in [0.5, 0.6) is 5.75 Å². The van der Waals surface area contributed by atoms with E-state index in [0.29, 0.717) is 12.1 Å². The van der Waals surface area contributed by atoms with Crippen molar-refractivity contribution < 1.29 is 4.74 Å². The van der Waals surface area contributed by atoms with Gasteiger partial charge in [-0.1, -0.05) is 50.3 Å². The fourth-order valence-corrected chi connectivity index (χ4v) is 6.11. The molecule has 2 fully saturated rings. The van der Waals surface area contributed by atoms with E-state index >= 15 is 0 Å². The fourth-order valence-electron chi connectivity index (χ4n) is 5.73. The highest BCUT2D eigenvalue weighted by Crippen LogP contribution is 2.33. The molecular formula is C26H43N3OS. The lowest BCUT2D eigenvalue weighted by Gasteiger charge is -2.50. The number of hydrogen-bond donors (Lipinski definition) is 2. The molecule has 0 amide bonds. The first-order valence-electron chi connectivity index (χ1n) is 12.2. The van der Waals surface area contributed by atoms with Gasteiger partial charge in [0.1, 0.15) is 5.75 Å². The van der Waals surface area contributed by atoms with Crippen molar-refractivity contribution in [3.63, 3.8) is 0 Å². The van der Waals surface area contributed by atoms with E-state index < -0.39 is 0 Å². The van der Waals surface area contributed by atoms with Crippen LogP contribution in [0.15, 0.2) is 24.3 Å². The van der Waals surface area contributed by atoms with Crippen molar-refractivity contribution in [1.29, 1.82) is 0 Å². The molecular weight excluding hydrogens is 402 g/mol. The Kier molecular flexibility index (Phi) is 8.25. The Balaban J connectivity index is 1.83. The summed E-state index contributed by atoms with van der Waals surface area (Å²) in [4.78, 5) is 2.45. The summed E-state index contributed by atoms with van der Waals surface area (Å²) in [6.07, 6.45) is 11.3. The lowest BCUT2D eigenvalue weighted by atomic mass is 9.79. The van der Waals surface area contributed by atoms with Crippen LogP contribution in [0, 0.1) is 0 Å². The minimum absolute atomic E-state index is 0.0707. The van der Waals surface area contributed by atoms with Crippen molar-refractivity contribution in [3.8, 4) is 5.75 Å². The van der Waals surface area contributed by atoms with Gasteiger partial charge in [-0.15, -0.1) is 0 Å². The first-order chi connectivity index (χ1) is 14.7. The van der Waals surface area contributed by atoms with Gasteiger partial charge in [-0.25, -0.2) is 0 Å². The summed E-state index contributed by atoms with van der Waals surface area (Å²) >= 11 is 6.10. The number of rotatable bonds is 5. The Morgan fingerprint density at radius 1 is 1.03 bits per heavy atom. The minimum atomic E-state index is 0.0707. The topological polar surface area (TPSA) is 36.5 Å². The second kappa shape index (κ2) is 10.5. The summed E-state index contributed by atoms with van der Waals surface area (Å²) in [7, 11) is 1.75. The molecule has 2 N–H and O–H groups in total. The maximum absolute atomic E-state index is 6.10. The Labute approximate surface area is 195 Å². The van der Waals surface area contributed by atoms with Crippen molar-refractivity contribution in [1.82, 2.24) is 15.5 Å². The van der Waals surface area contributed by atoms with Crippen molar-refractivity contribution in [3.05, 3.63) is 29.8 Å². The largest absolute Gasteiger partial charge is 0.496 e. The van der Waals surface area contributed by atoms with E-state index in [-0.39, 0.29) is 11.1 Å². The number of para-hydroxylation sites is 1. The Morgan fingerprint density at radius 2 is 1.61 bits per heavy atom.